The van der Waals surface area contributed by atoms with Crippen molar-refractivity contribution in [2.24, 2.45) is 5.10 Å². The van der Waals surface area contributed by atoms with Crippen molar-refractivity contribution in [2.75, 3.05) is 26.6 Å². The van der Waals surface area contributed by atoms with E-state index in [0.717, 1.165) is 0 Å². The standard InChI is InChI=1S/C26H24N4O9/c1-15(28-29-25(32)24(31)27-19-11-10-17(36-2)14-22(19)37-3)16-9-12-21(23(13-16)38-4)39-26(33)18-7-5-6-8-20(18)30(34)35/h5-14H,1-4H3,(H,27,31)(H,29,32)/b28-15+. The molecule has 2 amide bonds. The lowest BCUT2D eigenvalue weighted by molar-refractivity contribution is -0.385. The summed E-state index contributed by atoms with van der Waals surface area (Å²) < 4.78 is 20.9. The van der Waals surface area contributed by atoms with Crippen LogP contribution in [0.25, 0.3) is 0 Å². The largest absolute Gasteiger partial charge is 0.497 e. The molecule has 13 nitrogen and oxygen atoms in total. The van der Waals surface area contributed by atoms with E-state index in [1.807, 2.05) is 0 Å². The normalized spacial score (nSPS) is 10.7. The van der Waals surface area contributed by atoms with Gasteiger partial charge in [-0.2, -0.15) is 5.10 Å². The zero-order chi connectivity index (χ0) is 28.5. The highest BCUT2D eigenvalue weighted by Crippen LogP contribution is 2.31. The summed E-state index contributed by atoms with van der Waals surface area (Å²) in [6, 6.07) is 14.5. The molecule has 0 aliphatic rings. The molecule has 3 aromatic rings. The summed E-state index contributed by atoms with van der Waals surface area (Å²) in [6.45, 7) is 1.57. The van der Waals surface area contributed by atoms with Crippen molar-refractivity contribution in [2.45, 2.75) is 6.92 Å². The third kappa shape index (κ3) is 6.85. The van der Waals surface area contributed by atoms with Crippen LogP contribution in [0.15, 0.2) is 65.8 Å². The van der Waals surface area contributed by atoms with Crippen LogP contribution in [-0.4, -0.2) is 49.7 Å². The fraction of sp³-hybridized carbons (Fsp3) is 0.154. The zero-order valence-corrected chi connectivity index (χ0v) is 21.3. The summed E-state index contributed by atoms with van der Waals surface area (Å²) in [4.78, 5) is 47.7. The molecule has 0 spiro atoms. The first-order valence-electron chi connectivity index (χ1n) is 11.2. The molecule has 0 saturated carbocycles. The molecule has 0 atom stereocenters. The summed E-state index contributed by atoms with van der Waals surface area (Å²) in [5, 5.41) is 17.6. The monoisotopic (exact) mass is 536 g/mol. The maximum atomic E-state index is 12.6. The van der Waals surface area contributed by atoms with Gasteiger partial charge in [0.05, 0.1) is 37.7 Å². The Balaban J connectivity index is 1.70. The van der Waals surface area contributed by atoms with Crippen molar-refractivity contribution in [3.63, 3.8) is 0 Å². The Hall–Kier alpha value is -5.46. The maximum Gasteiger partial charge on any atom is 0.350 e. The number of anilines is 1. The molecule has 0 aromatic heterocycles. The minimum Gasteiger partial charge on any atom is -0.497 e. The molecule has 0 aliphatic heterocycles. The summed E-state index contributed by atoms with van der Waals surface area (Å²) >= 11 is 0. The van der Waals surface area contributed by atoms with Gasteiger partial charge in [-0.1, -0.05) is 12.1 Å². The van der Waals surface area contributed by atoms with E-state index >= 15 is 0 Å². The summed E-state index contributed by atoms with van der Waals surface area (Å²) in [5.41, 5.74) is 2.57. The number of hydrazone groups is 1. The number of nitrogens with zero attached hydrogens (tertiary/aromatic N) is 2. The van der Waals surface area contributed by atoms with Crippen LogP contribution in [0.4, 0.5) is 11.4 Å². The maximum absolute atomic E-state index is 12.6. The number of ether oxygens (including phenoxy) is 4. The zero-order valence-electron chi connectivity index (χ0n) is 21.3. The van der Waals surface area contributed by atoms with Crippen molar-refractivity contribution in [3.05, 3.63) is 81.9 Å². The molecule has 2 N–H and O–H groups in total. The minimum absolute atomic E-state index is 0.00838. The smallest absolute Gasteiger partial charge is 0.350 e. The molecule has 0 unspecified atom stereocenters. The van der Waals surface area contributed by atoms with E-state index in [-0.39, 0.29) is 22.7 Å². The van der Waals surface area contributed by atoms with Gasteiger partial charge in [-0.05, 0) is 43.3 Å². The predicted octanol–water partition coefficient (Wildman–Crippen LogP) is 3.32. The molecule has 39 heavy (non-hydrogen) atoms. The third-order valence-corrected chi connectivity index (χ3v) is 5.29. The number of carbonyl (C=O) groups excluding carboxylic acids is 3. The van der Waals surface area contributed by atoms with Crippen LogP contribution in [0.2, 0.25) is 0 Å². The number of nitro benzene ring substituents is 1. The van der Waals surface area contributed by atoms with Gasteiger partial charge in [-0.3, -0.25) is 19.7 Å². The topological polar surface area (TPSA) is 168 Å². The number of methoxy groups -OCH3 is 3. The highest BCUT2D eigenvalue weighted by Gasteiger charge is 2.22. The minimum atomic E-state index is -1.03. The summed E-state index contributed by atoms with van der Waals surface area (Å²) in [6.07, 6.45) is 0. The lowest BCUT2D eigenvalue weighted by Gasteiger charge is -2.12. The van der Waals surface area contributed by atoms with Crippen LogP contribution in [0.5, 0.6) is 23.0 Å². The van der Waals surface area contributed by atoms with Crippen LogP contribution < -0.4 is 29.7 Å². The van der Waals surface area contributed by atoms with E-state index in [1.165, 1.54) is 69.9 Å². The molecule has 3 rings (SSSR count). The highest BCUT2D eigenvalue weighted by atomic mass is 16.6. The second-order valence-corrected chi connectivity index (χ2v) is 7.69. The number of amides is 2. The molecule has 13 heteroatoms. The predicted molar refractivity (Wildman–Crippen MR) is 140 cm³/mol. The average Bonchev–Trinajstić information content (AvgIpc) is 2.95. The van der Waals surface area contributed by atoms with E-state index in [9.17, 15) is 24.5 Å². The second-order valence-electron chi connectivity index (χ2n) is 7.69. The van der Waals surface area contributed by atoms with Gasteiger partial charge in [0.2, 0.25) is 0 Å². The first kappa shape index (κ1) is 28.1. The molecule has 3 aromatic carbocycles. The molecule has 0 fully saturated rings. The van der Waals surface area contributed by atoms with E-state index in [0.29, 0.717) is 22.8 Å². The first-order chi connectivity index (χ1) is 18.7. The lowest BCUT2D eigenvalue weighted by Crippen LogP contribution is -2.33. The van der Waals surface area contributed by atoms with Gasteiger partial charge in [0.15, 0.2) is 11.5 Å². The van der Waals surface area contributed by atoms with Crippen molar-refractivity contribution in [1.82, 2.24) is 5.43 Å². The van der Waals surface area contributed by atoms with Crippen LogP contribution in [0.3, 0.4) is 0 Å². The van der Waals surface area contributed by atoms with E-state index in [1.54, 1.807) is 19.1 Å². The SMILES string of the molecule is COc1ccc(NC(=O)C(=O)N/N=C(\C)c2ccc(OC(=O)c3ccccc3[N+](=O)[O-])c(OC)c2)c(OC)c1. The molecule has 202 valence electrons. The molecule has 0 aliphatic carbocycles. The van der Waals surface area contributed by atoms with Crippen molar-refractivity contribution >= 4 is 34.9 Å². The summed E-state index contributed by atoms with van der Waals surface area (Å²) in [7, 11) is 4.23. The van der Waals surface area contributed by atoms with Gasteiger partial charge in [0, 0.05) is 17.7 Å². The average molecular weight is 536 g/mol. The quantitative estimate of drug-likeness (QED) is 0.104. The Morgan fingerprint density at radius 2 is 1.56 bits per heavy atom. The summed E-state index contributed by atoms with van der Waals surface area (Å²) in [5.74, 6) is -2.01. The lowest BCUT2D eigenvalue weighted by atomic mass is 10.1. The van der Waals surface area contributed by atoms with E-state index < -0.39 is 28.4 Å². The van der Waals surface area contributed by atoms with Gasteiger partial charge in [0.1, 0.15) is 17.1 Å². The van der Waals surface area contributed by atoms with Crippen LogP contribution in [-0.2, 0) is 9.59 Å². The van der Waals surface area contributed by atoms with Gasteiger partial charge >= 0.3 is 17.8 Å². The first-order valence-corrected chi connectivity index (χ1v) is 11.2. The number of esters is 1. The van der Waals surface area contributed by atoms with E-state index in [2.05, 4.69) is 15.8 Å². The number of hydrogen-bond acceptors (Lipinski definition) is 10. The number of rotatable bonds is 9. The van der Waals surface area contributed by atoms with Crippen molar-refractivity contribution in [1.29, 1.82) is 0 Å². The number of nitrogens with one attached hydrogen (secondary N) is 2. The fourth-order valence-corrected chi connectivity index (χ4v) is 3.27. The Morgan fingerprint density at radius 1 is 0.846 bits per heavy atom. The van der Waals surface area contributed by atoms with Crippen LogP contribution in [0.1, 0.15) is 22.8 Å². The Labute approximate surface area is 222 Å². The molecular formula is C26H24N4O9. The number of carbonyl (C=O) groups is 3. The van der Waals surface area contributed by atoms with E-state index in [4.69, 9.17) is 18.9 Å². The van der Waals surface area contributed by atoms with Gasteiger partial charge < -0.3 is 24.3 Å². The Morgan fingerprint density at radius 3 is 2.23 bits per heavy atom. The van der Waals surface area contributed by atoms with Crippen molar-refractivity contribution in [3.8, 4) is 23.0 Å². The van der Waals surface area contributed by atoms with Crippen LogP contribution >= 0.6 is 0 Å². The molecule has 0 radical (unpaired) electrons. The number of hydrogen-bond donors (Lipinski definition) is 2. The highest BCUT2D eigenvalue weighted by molar-refractivity contribution is 6.39. The number of para-hydroxylation sites is 1. The fourth-order valence-electron chi connectivity index (χ4n) is 3.27. The van der Waals surface area contributed by atoms with Gasteiger partial charge in [-0.25, -0.2) is 10.2 Å². The Bertz CT molecular complexity index is 1450. The molecule has 0 saturated heterocycles. The number of benzene rings is 3. The van der Waals surface area contributed by atoms with Gasteiger partial charge in [0.25, 0.3) is 5.69 Å². The van der Waals surface area contributed by atoms with Crippen LogP contribution in [0, 0.1) is 10.1 Å². The molecule has 0 bridgehead atoms. The second kappa shape index (κ2) is 12.7. The molecular weight excluding hydrogens is 512 g/mol. The molecule has 0 heterocycles. The van der Waals surface area contributed by atoms with Gasteiger partial charge in [-0.15, -0.1) is 0 Å². The number of nitro groups is 1. The Kier molecular flexibility index (Phi) is 9.14. The third-order valence-electron chi connectivity index (χ3n) is 5.29. The van der Waals surface area contributed by atoms with Crippen molar-refractivity contribution < 1.29 is 38.3 Å².